The Balaban J connectivity index is 1.96. The van der Waals surface area contributed by atoms with Crippen molar-refractivity contribution in [3.63, 3.8) is 0 Å². The van der Waals surface area contributed by atoms with E-state index in [9.17, 15) is 4.79 Å². The van der Waals surface area contributed by atoms with Crippen molar-refractivity contribution in [1.82, 2.24) is 15.0 Å². The molecule has 1 heterocycles. The van der Waals surface area contributed by atoms with Crippen LogP contribution in [-0.2, 0) is 9.53 Å². The third-order valence-corrected chi connectivity index (χ3v) is 4.34. The fourth-order valence-corrected chi connectivity index (χ4v) is 2.94. The molecule has 0 aliphatic rings. The molecule has 0 radical (unpaired) electrons. The topological polar surface area (TPSA) is 105 Å². The van der Waals surface area contributed by atoms with Crippen LogP contribution < -0.4 is 19.5 Å². The summed E-state index contributed by atoms with van der Waals surface area (Å²) in [4.78, 5) is 25.2. The molecule has 0 saturated carbocycles. The SMILES string of the molecule is COC(=O)C(c1ccccc1)c1ncnc(Nc2cc(OC)c(OC)c(OC)c2)n1. The lowest BCUT2D eigenvalue weighted by Crippen LogP contribution is -2.19. The van der Waals surface area contributed by atoms with Crippen LogP contribution in [-0.4, -0.2) is 49.4 Å². The van der Waals surface area contributed by atoms with Crippen molar-refractivity contribution < 1.29 is 23.7 Å². The Morgan fingerprint density at radius 1 is 0.933 bits per heavy atom. The van der Waals surface area contributed by atoms with Crippen molar-refractivity contribution >= 4 is 17.6 Å². The van der Waals surface area contributed by atoms with E-state index in [2.05, 4.69) is 20.3 Å². The normalized spacial score (nSPS) is 11.3. The molecule has 2 aromatic carbocycles. The number of nitrogens with zero attached hydrogens (tertiary/aromatic N) is 3. The summed E-state index contributed by atoms with van der Waals surface area (Å²) in [5, 5.41) is 3.08. The van der Waals surface area contributed by atoms with Crippen molar-refractivity contribution in [2.45, 2.75) is 5.92 Å². The van der Waals surface area contributed by atoms with Gasteiger partial charge < -0.3 is 24.3 Å². The van der Waals surface area contributed by atoms with Gasteiger partial charge in [0.25, 0.3) is 0 Å². The van der Waals surface area contributed by atoms with Gasteiger partial charge in [-0.25, -0.2) is 9.97 Å². The predicted octanol–water partition coefficient (Wildman–Crippen LogP) is 2.95. The van der Waals surface area contributed by atoms with Crippen LogP contribution in [0.3, 0.4) is 0 Å². The Labute approximate surface area is 174 Å². The zero-order valence-corrected chi connectivity index (χ0v) is 17.1. The van der Waals surface area contributed by atoms with Gasteiger partial charge in [-0.2, -0.15) is 4.98 Å². The summed E-state index contributed by atoms with van der Waals surface area (Å²) in [6, 6.07) is 12.6. The Bertz CT molecular complexity index is 988. The van der Waals surface area contributed by atoms with Gasteiger partial charge in [0.2, 0.25) is 11.7 Å². The summed E-state index contributed by atoms with van der Waals surface area (Å²) in [6.45, 7) is 0. The Hall–Kier alpha value is -3.88. The molecule has 0 fully saturated rings. The summed E-state index contributed by atoms with van der Waals surface area (Å²) >= 11 is 0. The Kier molecular flexibility index (Phi) is 6.63. The van der Waals surface area contributed by atoms with Gasteiger partial charge in [0.15, 0.2) is 17.3 Å². The lowest BCUT2D eigenvalue weighted by molar-refractivity contribution is -0.141. The Morgan fingerprint density at radius 3 is 2.17 bits per heavy atom. The molecule has 1 unspecified atom stereocenters. The van der Waals surface area contributed by atoms with Crippen LogP contribution in [0.15, 0.2) is 48.8 Å². The number of methoxy groups -OCH3 is 4. The standard InChI is InChI=1S/C21H22N4O5/c1-27-15-10-14(11-16(28-2)18(15)29-3)24-21-23-12-22-19(25-21)17(20(26)30-4)13-8-6-5-7-9-13/h5-12,17H,1-4H3,(H,22,23,24,25). The highest BCUT2D eigenvalue weighted by Crippen LogP contribution is 2.40. The maximum Gasteiger partial charge on any atom is 0.320 e. The highest BCUT2D eigenvalue weighted by molar-refractivity contribution is 5.81. The smallest absolute Gasteiger partial charge is 0.320 e. The van der Waals surface area contributed by atoms with Gasteiger partial charge in [-0.15, -0.1) is 0 Å². The van der Waals surface area contributed by atoms with E-state index in [0.29, 0.717) is 28.5 Å². The van der Waals surface area contributed by atoms with Gasteiger partial charge in [0, 0.05) is 17.8 Å². The maximum absolute atomic E-state index is 12.4. The monoisotopic (exact) mass is 410 g/mol. The summed E-state index contributed by atoms with van der Waals surface area (Å²) in [5.74, 6) is 0.690. The molecule has 3 rings (SSSR count). The number of nitrogens with one attached hydrogen (secondary N) is 1. The second kappa shape index (κ2) is 9.55. The number of carbonyl (C=O) groups excluding carboxylic acids is 1. The molecule has 9 nitrogen and oxygen atoms in total. The molecule has 0 spiro atoms. The van der Waals surface area contributed by atoms with Crippen LogP contribution in [0.4, 0.5) is 11.6 Å². The van der Waals surface area contributed by atoms with E-state index < -0.39 is 11.9 Å². The zero-order chi connectivity index (χ0) is 21.5. The molecule has 0 bridgehead atoms. The van der Waals surface area contributed by atoms with Gasteiger partial charge >= 0.3 is 5.97 Å². The molecular formula is C21H22N4O5. The minimum absolute atomic E-state index is 0.249. The van der Waals surface area contributed by atoms with Crippen LogP contribution in [0.2, 0.25) is 0 Å². The van der Waals surface area contributed by atoms with E-state index >= 15 is 0 Å². The average Bonchev–Trinajstić information content (AvgIpc) is 2.79. The third kappa shape index (κ3) is 4.40. The van der Waals surface area contributed by atoms with E-state index in [0.717, 1.165) is 0 Å². The quantitative estimate of drug-likeness (QED) is 0.561. The molecule has 1 aromatic heterocycles. The van der Waals surface area contributed by atoms with Gasteiger partial charge in [-0.05, 0) is 5.56 Å². The molecule has 30 heavy (non-hydrogen) atoms. The highest BCUT2D eigenvalue weighted by atomic mass is 16.5. The van der Waals surface area contributed by atoms with E-state index in [-0.39, 0.29) is 11.8 Å². The van der Waals surface area contributed by atoms with Crippen LogP contribution in [0.1, 0.15) is 17.3 Å². The van der Waals surface area contributed by atoms with Gasteiger partial charge in [-0.3, -0.25) is 4.79 Å². The van der Waals surface area contributed by atoms with Gasteiger partial charge in [0.05, 0.1) is 28.4 Å². The minimum Gasteiger partial charge on any atom is -0.493 e. The molecule has 3 aromatic rings. The highest BCUT2D eigenvalue weighted by Gasteiger charge is 2.27. The molecule has 0 saturated heterocycles. The fourth-order valence-electron chi connectivity index (χ4n) is 2.94. The number of hydrogen-bond donors (Lipinski definition) is 1. The van der Waals surface area contributed by atoms with Gasteiger partial charge in [0.1, 0.15) is 12.2 Å². The Morgan fingerprint density at radius 2 is 1.60 bits per heavy atom. The first-order chi connectivity index (χ1) is 14.6. The number of benzene rings is 2. The lowest BCUT2D eigenvalue weighted by Gasteiger charge is -2.16. The molecule has 9 heteroatoms. The first-order valence-corrected chi connectivity index (χ1v) is 9.00. The van der Waals surface area contributed by atoms with Crippen molar-refractivity contribution in [1.29, 1.82) is 0 Å². The largest absolute Gasteiger partial charge is 0.493 e. The van der Waals surface area contributed by atoms with Crippen LogP contribution in [0, 0.1) is 0 Å². The van der Waals surface area contributed by atoms with Crippen molar-refractivity contribution in [3.05, 3.63) is 60.2 Å². The van der Waals surface area contributed by atoms with E-state index in [1.807, 2.05) is 30.3 Å². The molecular weight excluding hydrogens is 388 g/mol. The predicted molar refractivity (Wildman–Crippen MR) is 110 cm³/mol. The van der Waals surface area contributed by atoms with E-state index in [1.54, 1.807) is 12.1 Å². The number of carbonyl (C=O) groups is 1. The second-order valence-corrected chi connectivity index (χ2v) is 6.07. The lowest BCUT2D eigenvalue weighted by atomic mass is 9.98. The van der Waals surface area contributed by atoms with Crippen molar-refractivity contribution in [2.75, 3.05) is 33.8 Å². The third-order valence-electron chi connectivity index (χ3n) is 4.34. The van der Waals surface area contributed by atoms with Crippen molar-refractivity contribution in [2.24, 2.45) is 0 Å². The van der Waals surface area contributed by atoms with E-state index in [4.69, 9.17) is 18.9 Å². The number of anilines is 2. The summed E-state index contributed by atoms with van der Waals surface area (Å²) in [5.41, 5.74) is 1.32. The second-order valence-electron chi connectivity index (χ2n) is 6.07. The van der Waals surface area contributed by atoms with Crippen LogP contribution in [0.25, 0.3) is 0 Å². The summed E-state index contributed by atoms with van der Waals surface area (Å²) in [7, 11) is 5.92. The average molecular weight is 410 g/mol. The molecule has 0 amide bonds. The minimum atomic E-state index is -0.778. The molecule has 0 aliphatic heterocycles. The zero-order valence-electron chi connectivity index (χ0n) is 17.1. The van der Waals surface area contributed by atoms with Crippen LogP contribution in [0.5, 0.6) is 17.2 Å². The number of ether oxygens (including phenoxy) is 4. The number of hydrogen-bond acceptors (Lipinski definition) is 9. The molecule has 1 atom stereocenters. The number of esters is 1. The molecule has 156 valence electrons. The first kappa shape index (κ1) is 20.8. The van der Waals surface area contributed by atoms with E-state index in [1.165, 1.54) is 34.8 Å². The summed E-state index contributed by atoms with van der Waals surface area (Å²) in [6.07, 6.45) is 1.33. The van der Waals surface area contributed by atoms with Crippen molar-refractivity contribution in [3.8, 4) is 17.2 Å². The van der Waals surface area contributed by atoms with Crippen LogP contribution >= 0.6 is 0 Å². The molecule has 1 N–H and O–H groups in total. The molecule has 0 aliphatic carbocycles. The van der Waals surface area contributed by atoms with Gasteiger partial charge in [-0.1, -0.05) is 30.3 Å². The number of rotatable bonds is 8. The summed E-state index contributed by atoms with van der Waals surface area (Å²) < 4.78 is 21.0. The number of aromatic nitrogens is 3. The maximum atomic E-state index is 12.4. The first-order valence-electron chi connectivity index (χ1n) is 9.00. The fraction of sp³-hybridized carbons (Fsp3) is 0.238.